The molecule has 0 aliphatic rings. The molecular weight excluding hydrogens is 212 g/mol. The molecule has 0 bridgehead atoms. The Morgan fingerprint density at radius 1 is 1.24 bits per heavy atom. The average Bonchev–Trinajstić information content (AvgIpc) is 2.69. The van der Waals surface area contributed by atoms with E-state index in [4.69, 9.17) is 0 Å². The molecule has 1 aromatic carbocycles. The summed E-state index contributed by atoms with van der Waals surface area (Å²) in [7, 11) is 1.88. The molecule has 2 aromatic rings. The largest absolute Gasteiger partial charge is 0.306 e. The first kappa shape index (κ1) is 11.8. The van der Waals surface area contributed by atoms with Crippen molar-refractivity contribution >= 4 is 0 Å². The monoisotopic (exact) mass is 230 g/mol. The Labute approximate surface area is 102 Å². The summed E-state index contributed by atoms with van der Waals surface area (Å²) in [5.74, 6) is 0.831. The van der Waals surface area contributed by atoms with E-state index in [0.29, 0.717) is 6.54 Å². The summed E-state index contributed by atoms with van der Waals surface area (Å²) >= 11 is 0. The van der Waals surface area contributed by atoms with Gasteiger partial charge in [-0.3, -0.25) is 4.68 Å². The van der Waals surface area contributed by atoms with Crippen molar-refractivity contribution in [1.82, 2.24) is 20.1 Å². The zero-order chi connectivity index (χ0) is 12.3. The molecule has 1 aromatic heterocycles. The van der Waals surface area contributed by atoms with Gasteiger partial charge in [-0.1, -0.05) is 23.8 Å². The first-order valence-corrected chi connectivity index (χ1v) is 5.76. The molecule has 0 atom stereocenters. The fourth-order valence-corrected chi connectivity index (χ4v) is 1.76. The fraction of sp³-hybridized carbons (Fsp3) is 0.385. The van der Waals surface area contributed by atoms with Crippen molar-refractivity contribution in [3.8, 4) is 0 Å². The van der Waals surface area contributed by atoms with Gasteiger partial charge in [0.25, 0.3) is 0 Å². The van der Waals surface area contributed by atoms with Crippen LogP contribution >= 0.6 is 0 Å². The summed E-state index contributed by atoms with van der Waals surface area (Å²) < 4.78 is 1.72. The lowest BCUT2D eigenvalue weighted by molar-refractivity contribution is 0.647. The van der Waals surface area contributed by atoms with E-state index in [9.17, 15) is 0 Å². The second kappa shape index (κ2) is 5.10. The van der Waals surface area contributed by atoms with Gasteiger partial charge in [-0.15, -0.1) is 0 Å². The predicted molar refractivity (Wildman–Crippen MR) is 67.5 cm³/mol. The van der Waals surface area contributed by atoms with Gasteiger partial charge >= 0.3 is 0 Å². The van der Waals surface area contributed by atoms with Crippen molar-refractivity contribution in [3.63, 3.8) is 0 Å². The number of rotatable bonds is 4. The Morgan fingerprint density at radius 3 is 2.76 bits per heavy atom. The van der Waals surface area contributed by atoms with Crippen LogP contribution in [-0.2, 0) is 20.1 Å². The molecule has 2 rings (SSSR count). The van der Waals surface area contributed by atoms with Gasteiger partial charge in [0.05, 0.1) is 6.54 Å². The van der Waals surface area contributed by atoms with Gasteiger partial charge in [0, 0.05) is 13.6 Å². The topological polar surface area (TPSA) is 42.7 Å². The van der Waals surface area contributed by atoms with E-state index in [1.807, 2.05) is 7.05 Å². The third-order valence-electron chi connectivity index (χ3n) is 2.75. The number of nitrogens with zero attached hydrogens (tertiary/aromatic N) is 3. The van der Waals surface area contributed by atoms with E-state index in [-0.39, 0.29) is 0 Å². The number of benzene rings is 1. The lowest BCUT2D eigenvalue weighted by atomic mass is 10.1. The van der Waals surface area contributed by atoms with Gasteiger partial charge in [-0.25, -0.2) is 4.98 Å². The summed E-state index contributed by atoms with van der Waals surface area (Å²) in [6.45, 7) is 5.80. The lowest BCUT2D eigenvalue weighted by Gasteiger charge is -2.07. The highest BCUT2D eigenvalue weighted by atomic mass is 15.3. The van der Waals surface area contributed by atoms with E-state index < -0.39 is 0 Å². The summed E-state index contributed by atoms with van der Waals surface area (Å²) in [5.41, 5.74) is 3.95. The van der Waals surface area contributed by atoms with Gasteiger partial charge in [0.2, 0.25) is 0 Å². The Bertz CT molecular complexity index is 502. The highest BCUT2D eigenvalue weighted by Gasteiger charge is 2.01. The fourth-order valence-electron chi connectivity index (χ4n) is 1.76. The SMILES string of the molecule is Cc1ccc(C)c(CNCc2ncn(C)n2)c1. The van der Waals surface area contributed by atoms with Crippen molar-refractivity contribution < 1.29 is 0 Å². The number of nitrogens with one attached hydrogen (secondary N) is 1. The van der Waals surface area contributed by atoms with Gasteiger partial charge in [-0.2, -0.15) is 5.10 Å². The molecule has 0 radical (unpaired) electrons. The van der Waals surface area contributed by atoms with Crippen LogP contribution in [0.5, 0.6) is 0 Å². The number of aromatic nitrogens is 3. The highest BCUT2D eigenvalue weighted by Crippen LogP contribution is 2.10. The normalized spacial score (nSPS) is 10.8. The molecule has 0 aliphatic heterocycles. The van der Waals surface area contributed by atoms with Gasteiger partial charge < -0.3 is 5.32 Å². The molecule has 4 nitrogen and oxygen atoms in total. The molecule has 0 saturated carbocycles. The van der Waals surface area contributed by atoms with Crippen LogP contribution in [0.4, 0.5) is 0 Å². The average molecular weight is 230 g/mol. The molecule has 0 unspecified atom stereocenters. The minimum Gasteiger partial charge on any atom is -0.306 e. The lowest BCUT2D eigenvalue weighted by Crippen LogP contribution is -2.14. The van der Waals surface area contributed by atoms with Crippen molar-refractivity contribution in [2.75, 3.05) is 0 Å². The Kier molecular flexibility index (Phi) is 3.54. The van der Waals surface area contributed by atoms with E-state index >= 15 is 0 Å². The highest BCUT2D eigenvalue weighted by molar-refractivity contribution is 5.30. The van der Waals surface area contributed by atoms with Crippen LogP contribution in [0, 0.1) is 13.8 Å². The van der Waals surface area contributed by atoms with Gasteiger partial charge in [0.15, 0.2) is 5.82 Å². The van der Waals surface area contributed by atoms with Crippen molar-refractivity contribution in [2.24, 2.45) is 7.05 Å². The van der Waals surface area contributed by atoms with Crippen LogP contribution in [0.15, 0.2) is 24.5 Å². The summed E-state index contributed by atoms with van der Waals surface area (Å²) in [6.07, 6.45) is 1.72. The van der Waals surface area contributed by atoms with E-state index in [1.54, 1.807) is 11.0 Å². The summed E-state index contributed by atoms with van der Waals surface area (Å²) in [5, 5.41) is 7.59. The molecule has 90 valence electrons. The number of aryl methyl sites for hydroxylation is 3. The first-order chi connectivity index (χ1) is 8.15. The van der Waals surface area contributed by atoms with Crippen molar-refractivity contribution in [3.05, 3.63) is 47.0 Å². The molecule has 17 heavy (non-hydrogen) atoms. The molecule has 1 N–H and O–H groups in total. The van der Waals surface area contributed by atoms with Crippen LogP contribution in [0.25, 0.3) is 0 Å². The third kappa shape index (κ3) is 3.14. The zero-order valence-corrected chi connectivity index (χ0v) is 10.6. The van der Waals surface area contributed by atoms with Gasteiger partial charge in [-0.05, 0) is 25.0 Å². The third-order valence-corrected chi connectivity index (χ3v) is 2.75. The summed E-state index contributed by atoms with van der Waals surface area (Å²) in [6, 6.07) is 6.51. The van der Waals surface area contributed by atoms with E-state index in [1.165, 1.54) is 16.7 Å². The maximum absolute atomic E-state index is 4.22. The van der Waals surface area contributed by atoms with Gasteiger partial charge in [0.1, 0.15) is 6.33 Å². The second-order valence-corrected chi connectivity index (χ2v) is 4.37. The maximum Gasteiger partial charge on any atom is 0.164 e. The molecule has 1 heterocycles. The molecular formula is C13H18N4. The Morgan fingerprint density at radius 2 is 2.06 bits per heavy atom. The van der Waals surface area contributed by atoms with Crippen LogP contribution < -0.4 is 5.32 Å². The van der Waals surface area contributed by atoms with Crippen LogP contribution in [0.2, 0.25) is 0 Å². The first-order valence-electron chi connectivity index (χ1n) is 5.76. The molecule has 4 heteroatoms. The quantitative estimate of drug-likeness (QED) is 0.869. The zero-order valence-electron chi connectivity index (χ0n) is 10.6. The maximum atomic E-state index is 4.22. The number of hydrogen-bond acceptors (Lipinski definition) is 3. The predicted octanol–water partition coefficient (Wildman–Crippen LogP) is 1.72. The van der Waals surface area contributed by atoms with Crippen LogP contribution in [0.3, 0.4) is 0 Å². The van der Waals surface area contributed by atoms with E-state index in [2.05, 4.69) is 47.4 Å². The standard InChI is InChI=1S/C13H18N4/c1-10-4-5-11(2)12(6-10)7-14-8-13-15-9-17(3)16-13/h4-6,9,14H,7-8H2,1-3H3. The molecule has 0 spiro atoms. The smallest absolute Gasteiger partial charge is 0.164 e. The minimum absolute atomic E-state index is 0.703. The summed E-state index contributed by atoms with van der Waals surface area (Å²) in [4.78, 5) is 4.18. The van der Waals surface area contributed by atoms with Crippen molar-refractivity contribution in [2.45, 2.75) is 26.9 Å². The molecule has 0 aliphatic carbocycles. The Balaban J connectivity index is 1.91. The second-order valence-electron chi connectivity index (χ2n) is 4.37. The van der Waals surface area contributed by atoms with E-state index in [0.717, 1.165) is 12.4 Å². The van der Waals surface area contributed by atoms with Crippen LogP contribution in [-0.4, -0.2) is 14.8 Å². The van der Waals surface area contributed by atoms with Crippen molar-refractivity contribution in [1.29, 1.82) is 0 Å². The molecule has 0 saturated heterocycles. The number of hydrogen-bond donors (Lipinski definition) is 1. The minimum atomic E-state index is 0.703. The van der Waals surface area contributed by atoms with Crippen LogP contribution in [0.1, 0.15) is 22.5 Å². The molecule has 0 amide bonds. The Hall–Kier alpha value is -1.68. The molecule has 0 fully saturated rings.